The van der Waals surface area contributed by atoms with Crippen LogP contribution in [0.1, 0.15) is 22.3 Å². The maximum atomic E-state index is 8.36. The molecule has 0 atom stereocenters. The predicted molar refractivity (Wildman–Crippen MR) is 110 cm³/mol. The maximum Gasteiger partial charge on any atom is 0.291 e. The number of hydrogen-bond donors (Lipinski definition) is 3. The van der Waals surface area contributed by atoms with Crippen LogP contribution in [0.5, 0.6) is 11.5 Å². The van der Waals surface area contributed by atoms with E-state index >= 15 is 0 Å². The average molecular weight is 424 g/mol. The number of ether oxygens (including phenoxy) is 2. The van der Waals surface area contributed by atoms with Crippen LogP contribution in [0.25, 0.3) is 0 Å². The highest BCUT2D eigenvalue weighted by Gasteiger charge is 2.07. The van der Waals surface area contributed by atoms with Crippen molar-refractivity contribution in [3.8, 4) is 11.5 Å². The molecule has 2 aromatic rings. The van der Waals surface area contributed by atoms with Gasteiger partial charge in [-0.2, -0.15) is 5.10 Å². The van der Waals surface area contributed by atoms with Gasteiger partial charge < -0.3 is 26.1 Å². The monoisotopic (exact) mass is 423 g/mol. The molecule has 0 spiro atoms. The quantitative estimate of drug-likeness (QED) is 0.278. The molecule has 156 valence electrons. The molecule has 0 fully saturated rings. The summed E-state index contributed by atoms with van der Waals surface area (Å²) in [6.45, 7) is 4.24. The Morgan fingerprint density at radius 1 is 1.28 bits per heavy atom. The second kappa shape index (κ2) is 11.3. The summed E-state index contributed by atoms with van der Waals surface area (Å²) >= 11 is 6.19. The van der Waals surface area contributed by atoms with Gasteiger partial charge in [-0.05, 0) is 60.9 Å². The van der Waals surface area contributed by atoms with Crippen molar-refractivity contribution < 1.29 is 19.8 Å². The topological polar surface area (TPSA) is 159 Å². The number of hydrogen-bond acceptors (Lipinski definition) is 6. The molecular formula is C18H22ClN5O5. The molecule has 0 aliphatic heterocycles. The van der Waals surface area contributed by atoms with E-state index in [1.807, 2.05) is 44.2 Å². The van der Waals surface area contributed by atoms with Crippen LogP contribution in [0.2, 0.25) is 5.02 Å². The zero-order valence-corrected chi connectivity index (χ0v) is 16.9. The molecule has 0 saturated carbocycles. The average Bonchev–Trinajstić information content (AvgIpc) is 2.63. The molecule has 0 radical (unpaired) electrons. The highest BCUT2D eigenvalue weighted by Crippen LogP contribution is 2.27. The first kappa shape index (κ1) is 23.5. The van der Waals surface area contributed by atoms with Crippen LogP contribution in [-0.2, 0) is 6.61 Å². The number of benzene rings is 2. The van der Waals surface area contributed by atoms with Gasteiger partial charge in [-0.1, -0.05) is 11.6 Å². The summed E-state index contributed by atoms with van der Waals surface area (Å²) in [5, 5.41) is 21.8. The van der Waals surface area contributed by atoms with Crippen LogP contribution in [-0.4, -0.2) is 29.6 Å². The third kappa shape index (κ3) is 8.35. The lowest BCUT2D eigenvalue weighted by atomic mass is 10.1. The van der Waals surface area contributed by atoms with Crippen LogP contribution in [0.4, 0.5) is 0 Å². The zero-order valence-electron chi connectivity index (χ0n) is 16.1. The van der Waals surface area contributed by atoms with Gasteiger partial charge in [0.1, 0.15) is 18.1 Å². The van der Waals surface area contributed by atoms with E-state index < -0.39 is 5.09 Å². The van der Waals surface area contributed by atoms with Crippen molar-refractivity contribution in [2.24, 2.45) is 21.7 Å². The SMILES string of the molecule is COc1ccc(/C=N/N=C(N)N)cc1COc1cc(C)c(Cl)c(C)c1.O=[N+]([O-])O. The van der Waals surface area contributed by atoms with Gasteiger partial charge in [-0.3, -0.25) is 0 Å². The molecular weight excluding hydrogens is 402 g/mol. The fraction of sp³-hybridized carbons (Fsp3) is 0.222. The molecule has 10 nitrogen and oxygen atoms in total. The van der Waals surface area contributed by atoms with Gasteiger partial charge in [0, 0.05) is 10.6 Å². The lowest BCUT2D eigenvalue weighted by Gasteiger charge is -2.13. The summed E-state index contributed by atoms with van der Waals surface area (Å²) < 4.78 is 11.3. The Bertz CT molecular complexity index is 887. The normalized spacial score (nSPS) is 10.1. The van der Waals surface area contributed by atoms with Gasteiger partial charge in [0.2, 0.25) is 5.96 Å². The molecule has 11 heteroatoms. The van der Waals surface area contributed by atoms with Gasteiger partial charge in [0.25, 0.3) is 5.09 Å². The van der Waals surface area contributed by atoms with E-state index in [1.165, 1.54) is 0 Å². The summed E-state index contributed by atoms with van der Waals surface area (Å²) in [4.78, 5) is 8.36. The standard InChI is InChI=1S/C18H21ClN4O2.HNO3/c1-11-6-15(7-12(2)17(11)19)25-10-14-8-13(4-5-16(14)24-3)9-22-23-18(20)21;2-1(3)4/h4-9H,10H2,1-3H3,(H4,20,21,23);(H,2,3,4)/b22-9+;. The third-order valence-corrected chi connectivity index (χ3v) is 4.08. The van der Waals surface area contributed by atoms with Gasteiger partial charge in [0.15, 0.2) is 0 Å². The maximum absolute atomic E-state index is 8.36. The van der Waals surface area contributed by atoms with Gasteiger partial charge in [-0.25, -0.2) is 0 Å². The lowest BCUT2D eigenvalue weighted by Crippen LogP contribution is -2.21. The van der Waals surface area contributed by atoms with Gasteiger partial charge >= 0.3 is 0 Å². The predicted octanol–water partition coefficient (Wildman–Crippen LogP) is 2.80. The minimum atomic E-state index is -1.50. The van der Waals surface area contributed by atoms with E-state index in [1.54, 1.807) is 13.3 Å². The van der Waals surface area contributed by atoms with Crippen molar-refractivity contribution in [3.05, 3.63) is 67.7 Å². The van der Waals surface area contributed by atoms with Crippen LogP contribution in [0, 0.1) is 24.0 Å². The molecule has 0 unspecified atom stereocenters. The summed E-state index contributed by atoms with van der Waals surface area (Å²) in [6, 6.07) is 9.41. The zero-order chi connectivity index (χ0) is 22.0. The van der Waals surface area contributed by atoms with E-state index in [-0.39, 0.29) is 5.96 Å². The van der Waals surface area contributed by atoms with E-state index in [2.05, 4.69) is 10.2 Å². The third-order valence-electron chi connectivity index (χ3n) is 3.49. The first-order valence-electron chi connectivity index (χ1n) is 8.15. The van der Waals surface area contributed by atoms with E-state index in [0.29, 0.717) is 6.61 Å². The number of nitrogens with zero attached hydrogens (tertiary/aromatic N) is 3. The summed E-state index contributed by atoms with van der Waals surface area (Å²) in [5.74, 6) is 1.38. The summed E-state index contributed by atoms with van der Waals surface area (Å²) in [6.07, 6.45) is 1.55. The highest BCUT2D eigenvalue weighted by molar-refractivity contribution is 6.32. The van der Waals surface area contributed by atoms with Crippen molar-refractivity contribution in [3.63, 3.8) is 0 Å². The summed E-state index contributed by atoms with van der Waals surface area (Å²) in [7, 11) is 1.61. The molecule has 0 aliphatic carbocycles. The number of aryl methyl sites for hydroxylation is 2. The van der Waals surface area contributed by atoms with Crippen LogP contribution in [0.3, 0.4) is 0 Å². The fourth-order valence-electron chi connectivity index (χ4n) is 2.30. The first-order valence-corrected chi connectivity index (χ1v) is 8.53. The molecule has 0 amide bonds. The van der Waals surface area contributed by atoms with E-state index in [0.717, 1.165) is 38.8 Å². The van der Waals surface area contributed by atoms with Crippen LogP contribution >= 0.6 is 11.6 Å². The summed E-state index contributed by atoms with van der Waals surface area (Å²) in [5.41, 5.74) is 14.1. The second-order valence-electron chi connectivity index (χ2n) is 5.74. The van der Waals surface area contributed by atoms with Gasteiger partial charge in [-0.15, -0.1) is 15.2 Å². The number of rotatable bonds is 6. The first-order chi connectivity index (χ1) is 13.6. The highest BCUT2D eigenvalue weighted by atomic mass is 35.5. The molecule has 5 N–H and O–H groups in total. The van der Waals surface area contributed by atoms with Crippen molar-refractivity contribution in [1.82, 2.24) is 0 Å². The Balaban J connectivity index is 0.000000960. The van der Waals surface area contributed by atoms with Crippen molar-refractivity contribution in [2.75, 3.05) is 7.11 Å². The van der Waals surface area contributed by atoms with Crippen molar-refractivity contribution >= 4 is 23.8 Å². The molecule has 0 heterocycles. The lowest BCUT2D eigenvalue weighted by molar-refractivity contribution is -0.742. The Morgan fingerprint density at radius 3 is 2.38 bits per heavy atom. The minimum Gasteiger partial charge on any atom is -0.496 e. The molecule has 0 aliphatic rings. The van der Waals surface area contributed by atoms with E-state index in [9.17, 15) is 0 Å². The van der Waals surface area contributed by atoms with Crippen LogP contribution in [0.15, 0.2) is 40.5 Å². The molecule has 2 rings (SSSR count). The second-order valence-corrected chi connectivity index (χ2v) is 6.12. The van der Waals surface area contributed by atoms with Crippen molar-refractivity contribution in [2.45, 2.75) is 20.5 Å². The van der Waals surface area contributed by atoms with Crippen molar-refractivity contribution in [1.29, 1.82) is 0 Å². The molecule has 29 heavy (non-hydrogen) atoms. The number of methoxy groups -OCH3 is 1. The Labute approximate surface area is 172 Å². The smallest absolute Gasteiger partial charge is 0.291 e. The fourth-order valence-corrected chi connectivity index (χ4v) is 2.41. The molecule has 2 aromatic carbocycles. The number of nitrogens with two attached hydrogens (primary N) is 2. The Kier molecular flexibility index (Phi) is 9.20. The Hall–Kier alpha value is -3.53. The molecule has 0 saturated heterocycles. The molecule has 0 bridgehead atoms. The minimum absolute atomic E-state index is 0.0956. The molecule has 0 aromatic heterocycles. The van der Waals surface area contributed by atoms with E-state index in [4.69, 9.17) is 47.9 Å². The van der Waals surface area contributed by atoms with Crippen LogP contribution < -0.4 is 20.9 Å². The Morgan fingerprint density at radius 2 is 1.86 bits per heavy atom. The van der Waals surface area contributed by atoms with Gasteiger partial charge in [0.05, 0.1) is 13.3 Å². The number of halogens is 1. The largest absolute Gasteiger partial charge is 0.496 e. The number of guanidine groups is 1.